The highest BCUT2D eigenvalue weighted by Crippen LogP contribution is 2.15. The minimum atomic E-state index is -0.0769. The summed E-state index contributed by atoms with van der Waals surface area (Å²) in [5.41, 5.74) is 1.84. The van der Waals surface area contributed by atoms with Gasteiger partial charge in [0.25, 0.3) is 0 Å². The quantitative estimate of drug-likeness (QED) is 0.899. The topological polar surface area (TPSA) is 60.0 Å². The van der Waals surface area contributed by atoms with E-state index in [0.29, 0.717) is 39.5 Å². The molecule has 6 nitrogen and oxygen atoms in total. The van der Waals surface area contributed by atoms with E-state index >= 15 is 0 Å². The summed E-state index contributed by atoms with van der Waals surface area (Å²) in [6, 6.07) is 7.72. The van der Waals surface area contributed by atoms with Gasteiger partial charge in [-0.15, -0.1) is 0 Å². The number of nitrogens with one attached hydrogen (secondary N) is 1. The van der Waals surface area contributed by atoms with Gasteiger partial charge in [-0.25, -0.2) is 4.79 Å². The highest BCUT2D eigenvalue weighted by atomic mass is 16.5. The van der Waals surface area contributed by atoms with E-state index in [4.69, 9.17) is 14.2 Å². The third kappa shape index (κ3) is 5.19. The van der Waals surface area contributed by atoms with E-state index in [-0.39, 0.29) is 12.1 Å². The van der Waals surface area contributed by atoms with Gasteiger partial charge in [0.1, 0.15) is 0 Å². The van der Waals surface area contributed by atoms with Crippen LogP contribution in [0.5, 0.6) is 0 Å². The zero-order chi connectivity index (χ0) is 16.6. The van der Waals surface area contributed by atoms with Crippen LogP contribution in [-0.2, 0) is 20.8 Å². The maximum Gasteiger partial charge on any atom is 0.321 e. The molecular formula is C18H26N2O4. The van der Waals surface area contributed by atoms with E-state index in [1.165, 1.54) is 6.42 Å². The van der Waals surface area contributed by atoms with Gasteiger partial charge in [0.2, 0.25) is 0 Å². The van der Waals surface area contributed by atoms with Gasteiger partial charge in [-0.05, 0) is 37.0 Å². The van der Waals surface area contributed by atoms with Crippen LogP contribution in [0.25, 0.3) is 0 Å². The predicted molar refractivity (Wildman–Crippen MR) is 91.1 cm³/mol. The first-order chi connectivity index (χ1) is 11.8. The fourth-order valence-corrected chi connectivity index (χ4v) is 2.95. The normalized spacial score (nSPS) is 21.5. The van der Waals surface area contributed by atoms with Crippen molar-refractivity contribution in [1.82, 2.24) is 4.90 Å². The molecule has 0 aliphatic carbocycles. The second-order valence-corrected chi connectivity index (χ2v) is 6.23. The number of carbonyl (C=O) groups is 1. The first kappa shape index (κ1) is 17.2. The number of amides is 2. The van der Waals surface area contributed by atoms with Crippen molar-refractivity contribution in [3.8, 4) is 0 Å². The second-order valence-electron chi connectivity index (χ2n) is 6.23. The Balaban J connectivity index is 1.45. The number of benzene rings is 1. The Kier molecular flexibility index (Phi) is 6.46. The highest BCUT2D eigenvalue weighted by Gasteiger charge is 2.17. The molecule has 1 N–H and O–H groups in total. The second kappa shape index (κ2) is 9.01. The van der Waals surface area contributed by atoms with Crippen LogP contribution < -0.4 is 5.32 Å². The Labute approximate surface area is 143 Å². The molecule has 1 atom stereocenters. The van der Waals surface area contributed by atoms with E-state index in [9.17, 15) is 4.79 Å². The average Bonchev–Trinajstić information content (AvgIpc) is 2.64. The van der Waals surface area contributed by atoms with Crippen molar-refractivity contribution in [1.29, 1.82) is 0 Å². The summed E-state index contributed by atoms with van der Waals surface area (Å²) < 4.78 is 16.7. The minimum absolute atomic E-state index is 0.0769. The van der Waals surface area contributed by atoms with Crippen molar-refractivity contribution in [3.63, 3.8) is 0 Å². The lowest BCUT2D eigenvalue weighted by molar-refractivity contribution is -0.0447. The molecule has 2 fully saturated rings. The number of rotatable bonds is 5. The third-order valence-electron chi connectivity index (χ3n) is 4.32. The summed E-state index contributed by atoms with van der Waals surface area (Å²) in [4.78, 5) is 14.0. The van der Waals surface area contributed by atoms with Gasteiger partial charge in [-0.3, -0.25) is 0 Å². The van der Waals surface area contributed by atoms with Crippen LogP contribution >= 0.6 is 0 Å². The SMILES string of the molecule is O=C(Nc1cccc(COC[C@H]2CCCCO2)c1)N1CCOCC1. The molecule has 3 rings (SSSR count). The van der Waals surface area contributed by atoms with E-state index < -0.39 is 0 Å². The molecular weight excluding hydrogens is 308 g/mol. The van der Waals surface area contributed by atoms with E-state index in [2.05, 4.69) is 5.32 Å². The molecule has 0 bridgehead atoms. The Morgan fingerprint density at radius 2 is 2.12 bits per heavy atom. The molecule has 1 aromatic rings. The van der Waals surface area contributed by atoms with Crippen LogP contribution in [0.15, 0.2) is 24.3 Å². The molecule has 2 amide bonds. The van der Waals surface area contributed by atoms with Crippen LogP contribution in [0.1, 0.15) is 24.8 Å². The fraction of sp³-hybridized carbons (Fsp3) is 0.611. The van der Waals surface area contributed by atoms with Gasteiger partial charge < -0.3 is 24.4 Å². The highest BCUT2D eigenvalue weighted by molar-refractivity contribution is 5.89. The van der Waals surface area contributed by atoms with Crippen LogP contribution in [0.2, 0.25) is 0 Å². The Hall–Kier alpha value is -1.63. The smallest absolute Gasteiger partial charge is 0.321 e. The number of ether oxygens (including phenoxy) is 3. The molecule has 0 spiro atoms. The third-order valence-corrected chi connectivity index (χ3v) is 4.32. The molecule has 24 heavy (non-hydrogen) atoms. The first-order valence-electron chi connectivity index (χ1n) is 8.73. The zero-order valence-corrected chi connectivity index (χ0v) is 14.0. The Morgan fingerprint density at radius 3 is 2.92 bits per heavy atom. The van der Waals surface area contributed by atoms with Gasteiger partial charge in [0, 0.05) is 25.4 Å². The lowest BCUT2D eigenvalue weighted by Gasteiger charge is -2.27. The van der Waals surface area contributed by atoms with Crippen molar-refractivity contribution in [2.75, 3.05) is 44.8 Å². The molecule has 2 saturated heterocycles. The number of morpholine rings is 1. The molecule has 132 valence electrons. The summed E-state index contributed by atoms with van der Waals surface area (Å²) in [6.45, 7) is 4.48. The van der Waals surface area contributed by atoms with Gasteiger partial charge in [0.15, 0.2) is 0 Å². The number of hydrogen-bond donors (Lipinski definition) is 1. The van der Waals surface area contributed by atoms with Crippen LogP contribution in [-0.4, -0.2) is 56.6 Å². The van der Waals surface area contributed by atoms with Gasteiger partial charge >= 0.3 is 6.03 Å². The van der Waals surface area contributed by atoms with E-state index in [0.717, 1.165) is 30.7 Å². The predicted octanol–water partition coefficient (Wildman–Crippen LogP) is 2.64. The summed E-state index contributed by atoms with van der Waals surface area (Å²) in [6.07, 6.45) is 3.68. The zero-order valence-electron chi connectivity index (χ0n) is 14.0. The Morgan fingerprint density at radius 1 is 1.25 bits per heavy atom. The number of urea groups is 1. The van der Waals surface area contributed by atoms with Crippen molar-refractivity contribution in [2.24, 2.45) is 0 Å². The number of nitrogens with zero attached hydrogens (tertiary/aromatic N) is 1. The summed E-state index contributed by atoms with van der Waals surface area (Å²) in [5, 5.41) is 2.94. The standard InChI is InChI=1S/C18H26N2O4/c21-18(20-7-10-22-11-8-20)19-16-5-3-4-15(12-16)13-23-14-17-6-1-2-9-24-17/h3-5,12,17H,1-2,6-11,13-14H2,(H,19,21)/t17-/m1/s1. The molecule has 0 aromatic heterocycles. The molecule has 0 unspecified atom stereocenters. The van der Waals surface area contributed by atoms with Crippen molar-refractivity contribution in [3.05, 3.63) is 29.8 Å². The minimum Gasteiger partial charge on any atom is -0.378 e. The maximum atomic E-state index is 12.2. The monoisotopic (exact) mass is 334 g/mol. The number of anilines is 1. The molecule has 2 aliphatic rings. The average molecular weight is 334 g/mol. The number of carbonyl (C=O) groups excluding carboxylic acids is 1. The lowest BCUT2D eigenvalue weighted by Crippen LogP contribution is -2.43. The van der Waals surface area contributed by atoms with Crippen molar-refractivity contribution < 1.29 is 19.0 Å². The first-order valence-corrected chi connectivity index (χ1v) is 8.73. The van der Waals surface area contributed by atoms with Crippen LogP contribution in [0.3, 0.4) is 0 Å². The van der Waals surface area contributed by atoms with Gasteiger partial charge in [-0.1, -0.05) is 12.1 Å². The summed E-state index contributed by atoms with van der Waals surface area (Å²) >= 11 is 0. The summed E-state index contributed by atoms with van der Waals surface area (Å²) in [7, 11) is 0. The van der Waals surface area contributed by atoms with Crippen LogP contribution in [0.4, 0.5) is 10.5 Å². The fourth-order valence-electron chi connectivity index (χ4n) is 2.95. The van der Waals surface area contributed by atoms with E-state index in [1.54, 1.807) is 4.90 Å². The molecule has 1 aromatic carbocycles. The van der Waals surface area contributed by atoms with Crippen LogP contribution in [0, 0.1) is 0 Å². The largest absolute Gasteiger partial charge is 0.378 e. The van der Waals surface area contributed by atoms with Gasteiger partial charge in [-0.2, -0.15) is 0 Å². The molecule has 2 heterocycles. The molecule has 6 heteroatoms. The number of hydrogen-bond acceptors (Lipinski definition) is 4. The maximum absolute atomic E-state index is 12.2. The van der Waals surface area contributed by atoms with Gasteiger partial charge in [0.05, 0.1) is 32.5 Å². The molecule has 0 saturated carbocycles. The molecule has 0 radical (unpaired) electrons. The van der Waals surface area contributed by atoms with Crippen molar-refractivity contribution in [2.45, 2.75) is 32.0 Å². The summed E-state index contributed by atoms with van der Waals surface area (Å²) in [5.74, 6) is 0. The lowest BCUT2D eigenvalue weighted by atomic mass is 10.1. The van der Waals surface area contributed by atoms with E-state index in [1.807, 2.05) is 24.3 Å². The van der Waals surface area contributed by atoms with Crippen molar-refractivity contribution >= 4 is 11.7 Å². The molecule has 2 aliphatic heterocycles. The Bertz CT molecular complexity index is 526.